The minimum absolute atomic E-state index is 0.446. The van der Waals surface area contributed by atoms with Gasteiger partial charge in [0.05, 0.1) is 5.69 Å². The van der Waals surface area contributed by atoms with E-state index in [9.17, 15) is 0 Å². The highest BCUT2D eigenvalue weighted by Gasteiger charge is 2.16. The van der Waals surface area contributed by atoms with Crippen LogP contribution in [0.3, 0.4) is 0 Å². The van der Waals surface area contributed by atoms with Gasteiger partial charge in [-0.2, -0.15) is 0 Å². The van der Waals surface area contributed by atoms with Gasteiger partial charge in [-0.25, -0.2) is 0 Å². The van der Waals surface area contributed by atoms with Crippen LogP contribution in [0, 0.1) is 0 Å². The van der Waals surface area contributed by atoms with Crippen molar-refractivity contribution < 1.29 is 4.52 Å². The predicted molar refractivity (Wildman–Crippen MR) is 56.0 cm³/mol. The van der Waals surface area contributed by atoms with Gasteiger partial charge in [0.1, 0.15) is 0 Å². The molecule has 0 saturated heterocycles. The van der Waals surface area contributed by atoms with Crippen molar-refractivity contribution in [3.63, 3.8) is 0 Å². The summed E-state index contributed by atoms with van der Waals surface area (Å²) in [4.78, 5) is 0. The molecule has 1 heterocycles. The monoisotopic (exact) mass is 194 g/mol. The van der Waals surface area contributed by atoms with E-state index in [2.05, 4.69) is 5.16 Å². The third-order valence-electron chi connectivity index (χ3n) is 3.07. The quantitative estimate of drug-likeness (QED) is 0.747. The van der Waals surface area contributed by atoms with Crippen molar-refractivity contribution in [1.29, 1.82) is 0 Å². The molecule has 0 aromatic carbocycles. The lowest BCUT2D eigenvalue weighted by Crippen LogP contribution is -2.02. The van der Waals surface area contributed by atoms with Crippen molar-refractivity contribution in [2.45, 2.75) is 50.9 Å². The largest absolute Gasteiger partial charge is 0.368 e. The number of nitrogens with zero attached hydrogens (tertiary/aromatic N) is 1. The Morgan fingerprint density at radius 2 is 1.79 bits per heavy atom. The Morgan fingerprint density at radius 1 is 1.14 bits per heavy atom. The first kappa shape index (κ1) is 9.56. The Hall–Kier alpha value is -0.990. The fraction of sp³-hybridized carbons (Fsp3) is 0.727. The first-order valence-corrected chi connectivity index (χ1v) is 5.58. The van der Waals surface area contributed by atoms with Crippen molar-refractivity contribution in [2.24, 2.45) is 0 Å². The molecule has 2 N–H and O–H groups in total. The van der Waals surface area contributed by atoms with Gasteiger partial charge < -0.3 is 10.3 Å². The molecule has 0 radical (unpaired) electrons. The fourth-order valence-corrected chi connectivity index (χ4v) is 2.25. The zero-order chi connectivity index (χ0) is 9.80. The summed E-state index contributed by atoms with van der Waals surface area (Å²) in [5.41, 5.74) is 6.59. The smallest absolute Gasteiger partial charge is 0.222 e. The zero-order valence-electron chi connectivity index (χ0n) is 8.54. The molecule has 0 spiro atoms. The second kappa shape index (κ2) is 4.49. The third kappa shape index (κ3) is 2.28. The fourth-order valence-electron chi connectivity index (χ4n) is 2.25. The van der Waals surface area contributed by atoms with E-state index in [1.165, 1.54) is 44.9 Å². The summed E-state index contributed by atoms with van der Waals surface area (Å²) < 4.78 is 4.92. The van der Waals surface area contributed by atoms with E-state index in [4.69, 9.17) is 10.3 Å². The van der Waals surface area contributed by atoms with Gasteiger partial charge in [0.2, 0.25) is 5.88 Å². The minimum Gasteiger partial charge on any atom is -0.368 e. The van der Waals surface area contributed by atoms with Crippen molar-refractivity contribution in [2.75, 3.05) is 5.73 Å². The number of hydrogen-bond acceptors (Lipinski definition) is 3. The molecule has 3 heteroatoms. The van der Waals surface area contributed by atoms with Crippen LogP contribution >= 0.6 is 0 Å². The maximum atomic E-state index is 5.53. The summed E-state index contributed by atoms with van der Waals surface area (Å²) in [5, 5.41) is 4.01. The molecule has 3 nitrogen and oxygen atoms in total. The molecule has 1 aliphatic rings. The molecule has 0 aliphatic heterocycles. The predicted octanol–water partition coefficient (Wildman–Crippen LogP) is 3.08. The molecule has 0 atom stereocenters. The minimum atomic E-state index is 0.446. The van der Waals surface area contributed by atoms with Gasteiger partial charge in [0.15, 0.2) is 0 Å². The van der Waals surface area contributed by atoms with E-state index in [0.29, 0.717) is 11.8 Å². The average molecular weight is 194 g/mol. The molecule has 0 unspecified atom stereocenters. The maximum absolute atomic E-state index is 5.53. The van der Waals surface area contributed by atoms with E-state index < -0.39 is 0 Å². The number of aromatic nitrogens is 1. The highest BCUT2D eigenvalue weighted by molar-refractivity contribution is 5.26. The average Bonchev–Trinajstić information content (AvgIpc) is 2.51. The second-order valence-electron chi connectivity index (χ2n) is 4.20. The summed E-state index contributed by atoms with van der Waals surface area (Å²) in [7, 11) is 0. The van der Waals surface area contributed by atoms with Crippen molar-refractivity contribution in [3.05, 3.63) is 11.8 Å². The van der Waals surface area contributed by atoms with Crippen molar-refractivity contribution in [3.8, 4) is 0 Å². The number of anilines is 1. The van der Waals surface area contributed by atoms with E-state index >= 15 is 0 Å². The van der Waals surface area contributed by atoms with Gasteiger partial charge in [-0.3, -0.25) is 0 Å². The van der Waals surface area contributed by atoms with Crippen LogP contribution in [0.4, 0.5) is 5.88 Å². The van der Waals surface area contributed by atoms with Crippen LogP contribution in [0.5, 0.6) is 0 Å². The van der Waals surface area contributed by atoms with Crippen LogP contribution in [0.15, 0.2) is 10.6 Å². The molecule has 0 amide bonds. The highest BCUT2D eigenvalue weighted by Crippen LogP contribution is 2.30. The normalized spacial score (nSPS) is 20.3. The Kier molecular flexibility index (Phi) is 3.07. The van der Waals surface area contributed by atoms with Crippen LogP contribution in [0.2, 0.25) is 0 Å². The van der Waals surface area contributed by atoms with Crippen molar-refractivity contribution in [1.82, 2.24) is 5.16 Å². The summed E-state index contributed by atoms with van der Waals surface area (Å²) in [6.45, 7) is 0. The number of rotatable bonds is 1. The van der Waals surface area contributed by atoms with Gasteiger partial charge in [-0.15, -0.1) is 0 Å². The van der Waals surface area contributed by atoms with Crippen molar-refractivity contribution >= 4 is 5.88 Å². The van der Waals surface area contributed by atoms with Crippen LogP contribution in [0.1, 0.15) is 56.6 Å². The van der Waals surface area contributed by atoms with Gasteiger partial charge >= 0.3 is 0 Å². The number of nitrogens with two attached hydrogens (primary N) is 1. The molecule has 1 saturated carbocycles. The molecular formula is C11H18N2O. The number of hydrogen-bond donors (Lipinski definition) is 1. The molecule has 1 aromatic rings. The topological polar surface area (TPSA) is 52.0 Å². The lowest BCUT2D eigenvalue weighted by atomic mass is 9.89. The maximum Gasteiger partial charge on any atom is 0.222 e. The third-order valence-corrected chi connectivity index (χ3v) is 3.07. The van der Waals surface area contributed by atoms with Gasteiger partial charge in [0.25, 0.3) is 0 Å². The second-order valence-corrected chi connectivity index (χ2v) is 4.20. The summed E-state index contributed by atoms with van der Waals surface area (Å²) in [6.07, 6.45) is 9.24. The Morgan fingerprint density at radius 3 is 2.36 bits per heavy atom. The van der Waals surface area contributed by atoms with Gasteiger partial charge in [-0.1, -0.05) is 37.3 Å². The first-order valence-electron chi connectivity index (χ1n) is 5.58. The lowest BCUT2D eigenvalue weighted by Gasteiger charge is -2.16. The molecule has 1 aromatic heterocycles. The number of nitrogen functional groups attached to an aromatic ring is 1. The summed E-state index contributed by atoms with van der Waals surface area (Å²) in [6, 6.07) is 1.88. The SMILES string of the molecule is Nc1cc(C2CCCCCCC2)no1. The van der Waals surface area contributed by atoms with Gasteiger partial charge in [-0.05, 0) is 12.8 Å². The summed E-state index contributed by atoms with van der Waals surface area (Å²) >= 11 is 0. The molecule has 78 valence electrons. The molecular weight excluding hydrogens is 176 g/mol. The molecule has 2 rings (SSSR count). The molecule has 1 fully saturated rings. The van der Waals surface area contributed by atoms with E-state index in [-0.39, 0.29) is 0 Å². The van der Waals surface area contributed by atoms with Crippen LogP contribution in [-0.4, -0.2) is 5.16 Å². The first-order chi connectivity index (χ1) is 6.86. The van der Waals surface area contributed by atoms with Crippen LogP contribution in [-0.2, 0) is 0 Å². The Labute approximate surface area is 84.7 Å². The Balaban J connectivity index is 2.00. The van der Waals surface area contributed by atoms with E-state index in [0.717, 1.165) is 5.69 Å². The van der Waals surface area contributed by atoms with E-state index in [1.807, 2.05) is 6.07 Å². The van der Waals surface area contributed by atoms with Crippen LogP contribution < -0.4 is 5.73 Å². The standard InChI is InChI=1S/C11H18N2O/c12-11-8-10(13-14-11)9-6-4-2-1-3-5-7-9/h8-9H,1-7,12H2. The lowest BCUT2D eigenvalue weighted by molar-refractivity contribution is 0.395. The molecule has 0 bridgehead atoms. The molecule has 1 aliphatic carbocycles. The Bertz CT molecular complexity index is 275. The summed E-state index contributed by atoms with van der Waals surface area (Å²) in [5.74, 6) is 1.03. The highest BCUT2D eigenvalue weighted by atomic mass is 16.5. The molecule has 14 heavy (non-hydrogen) atoms. The zero-order valence-corrected chi connectivity index (χ0v) is 8.54. The van der Waals surface area contributed by atoms with E-state index in [1.54, 1.807) is 0 Å². The van der Waals surface area contributed by atoms with Crippen LogP contribution in [0.25, 0.3) is 0 Å². The van der Waals surface area contributed by atoms with Gasteiger partial charge in [0, 0.05) is 12.0 Å².